The average molecular weight is 389 g/mol. The van der Waals surface area contributed by atoms with Crippen molar-refractivity contribution in [1.82, 2.24) is 0 Å². The Bertz CT molecular complexity index is 819. The standard InChI is InChI=1S/C18H16ClF3O4/c1-10-7-13(18(20,21)22)16(8-11(10)2)25-9-12-14(19)5-4-6-15(12)26-17(23)24-3/h4-8H,9H2,1-3H3. The van der Waals surface area contributed by atoms with Crippen molar-refractivity contribution in [2.24, 2.45) is 0 Å². The molecule has 2 aromatic rings. The molecule has 0 saturated heterocycles. The third-order valence-corrected chi connectivity index (χ3v) is 4.06. The van der Waals surface area contributed by atoms with Gasteiger partial charge in [0, 0.05) is 0 Å². The lowest BCUT2D eigenvalue weighted by Gasteiger charge is -2.17. The first-order chi connectivity index (χ1) is 12.1. The van der Waals surface area contributed by atoms with Gasteiger partial charge < -0.3 is 14.2 Å². The maximum atomic E-state index is 13.3. The van der Waals surface area contributed by atoms with Crippen LogP contribution in [0, 0.1) is 13.8 Å². The van der Waals surface area contributed by atoms with Crippen LogP contribution >= 0.6 is 11.6 Å². The maximum absolute atomic E-state index is 13.3. The van der Waals surface area contributed by atoms with Gasteiger partial charge in [-0.2, -0.15) is 13.2 Å². The second kappa shape index (κ2) is 7.86. The summed E-state index contributed by atoms with van der Waals surface area (Å²) in [7, 11) is 1.13. The molecular formula is C18H16ClF3O4. The van der Waals surface area contributed by atoms with Crippen molar-refractivity contribution in [2.75, 3.05) is 7.11 Å². The molecule has 0 saturated carbocycles. The van der Waals surface area contributed by atoms with E-state index in [9.17, 15) is 18.0 Å². The van der Waals surface area contributed by atoms with Crippen LogP contribution < -0.4 is 9.47 Å². The summed E-state index contributed by atoms with van der Waals surface area (Å²) in [5.74, 6) is -0.286. The first kappa shape index (κ1) is 19.9. The summed E-state index contributed by atoms with van der Waals surface area (Å²) in [5, 5.41) is 0.184. The Morgan fingerprint density at radius 3 is 2.38 bits per heavy atom. The third-order valence-electron chi connectivity index (χ3n) is 3.71. The second-order valence-electron chi connectivity index (χ2n) is 5.49. The average Bonchev–Trinajstić information content (AvgIpc) is 2.56. The van der Waals surface area contributed by atoms with E-state index in [2.05, 4.69) is 4.74 Å². The predicted molar refractivity (Wildman–Crippen MR) is 89.7 cm³/mol. The van der Waals surface area contributed by atoms with Gasteiger partial charge in [-0.05, 0) is 49.2 Å². The Morgan fingerprint density at radius 1 is 1.12 bits per heavy atom. The fourth-order valence-electron chi connectivity index (χ4n) is 2.19. The molecule has 140 valence electrons. The van der Waals surface area contributed by atoms with Crippen molar-refractivity contribution < 1.29 is 32.2 Å². The number of carbonyl (C=O) groups is 1. The van der Waals surface area contributed by atoms with Crippen molar-refractivity contribution in [1.29, 1.82) is 0 Å². The van der Waals surface area contributed by atoms with E-state index in [1.54, 1.807) is 13.8 Å². The summed E-state index contributed by atoms with van der Waals surface area (Å²) in [6, 6.07) is 6.82. The first-order valence-corrected chi connectivity index (χ1v) is 7.85. The number of hydrogen-bond acceptors (Lipinski definition) is 4. The molecule has 0 N–H and O–H groups in total. The molecule has 0 heterocycles. The molecule has 0 aliphatic carbocycles. The fraction of sp³-hybridized carbons (Fsp3) is 0.278. The maximum Gasteiger partial charge on any atom is 0.513 e. The lowest BCUT2D eigenvalue weighted by molar-refractivity contribution is -0.139. The number of hydrogen-bond donors (Lipinski definition) is 0. The lowest BCUT2D eigenvalue weighted by Crippen LogP contribution is -2.12. The smallest absolute Gasteiger partial charge is 0.488 e. The Balaban J connectivity index is 2.35. The number of carbonyl (C=O) groups excluding carboxylic acids is 1. The summed E-state index contributed by atoms with van der Waals surface area (Å²) in [4.78, 5) is 11.3. The molecular weight excluding hydrogens is 373 g/mol. The summed E-state index contributed by atoms with van der Waals surface area (Å²) < 4.78 is 54.6. The molecule has 0 aromatic heterocycles. The Hall–Kier alpha value is -2.41. The predicted octanol–water partition coefficient (Wildman–Crippen LogP) is 5.70. The molecule has 26 heavy (non-hydrogen) atoms. The number of rotatable bonds is 4. The van der Waals surface area contributed by atoms with E-state index in [0.29, 0.717) is 11.1 Å². The van der Waals surface area contributed by atoms with Gasteiger partial charge in [0.15, 0.2) is 0 Å². The van der Waals surface area contributed by atoms with Crippen molar-refractivity contribution in [3.05, 3.63) is 57.6 Å². The zero-order valence-electron chi connectivity index (χ0n) is 14.2. The minimum atomic E-state index is -4.57. The molecule has 0 aliphatic rings. The van der Waals surface area contributed by atoms with Crippen molar-refractivity contribution in [2.45, 2.75) is 26.6 Å². The first-order valence-electron chi connectivity index (χ1n) is 7.48. The van der Waals surface area contributed by atoms with Gasteiger partial charge in [-0.25, -0.2) is 4.79 Å². The highest BCUT2D eigenvalue weighted by Gasteiger charge is 2.35. The highest BCUT2D eigenvalue weighted by atomic mass is 35.5. The fourth-order valence-corrected chi connectivity index (χ4v) is 2.41. The van der Waals surface area contributed by atoms with E-state index in [0.717, 1.165) is 13.2 Å². The van der Waals surface area contributed by atoms with E-state index in [4.69, 9.17) is 21.1 Å². The van der Waals surface area contributed by atoms with Crippen LogP contribution in [0.4, 0.5) is 18.0 Å². The van der Waals surface area contributed by atoms with Crippen molar-refractivity contribution in [3.63, 3.8) is 0 Å². The van der Waals surface area contributed by atoms with Gasteiger partial charge in [-0.1, -0.05) is 17.7 Å². The summed E-state index contributed by atoms with van der Waals surface area (Å²) in [5.41, 5.74) is 0.490. The van der Waals surface area contributed by atoms with Gasteiger partial charge in [0.2, 0.25) is 0 Å². The van der Waals surface area contributed by atoms with Crippen LogP contribution in [0.2, 0.25) is 5.02 Å². The number of methoxy groups -OCH3 is 1. The molecule has 0 radical (unpaired) electrons. The van der Waals surface area contributed by atoms with Crippen LogP contribution in [-0.4, -0.2) is 13.3 Å². The van der Waals surface area contributed by atoms with Crippen molar-refractivity contribution >= 4 is 17.8 Å². The highest BCUT2D eigenvalue weighted by molar-refractivity contribution is 6.31. The zero-order valence-corrected chi connectivity index (χ0v) is 15.0. The molecule has 2 aromatic carbocycles. The minimum absolute atomic E-state index is 0.0433. The van der Waals surface area contributed by atoms with Crippen LogP contribution in [0.5, 0.6) is 11.5 Å². The van der Waals surface area contributed by atoms with Crippen LogP contribution in [0.3, 0.4) is 0 Å². The Kier molecular flexibility index (Phi) is 6.02. The second-order valence-corrected chi connectivity index (χ2v) is 5.90. The molecule has 2 rings (SSSR count). The number of ether oxygens (including phenoxy) is 3. The van der Waals surface area contributed by atoms with Gasteiger partial charge in [-0.3, -0.25) is 0 Å². The molecule has 0 spiro atoms. The Labute approximate surface area is 153 Å². The number of benzene rings is 2. The quantitative estimate of drug-likeness (QED) is 0.498. The van der Waals surface area contributed by atoms with Gasteiger partial charge in [0.25, 0.3) is 0 Å². The molecule has 0 bridgehead atoms. The van der Waals surface area contributed by atoms with E-state index in [1.807, 2.05) is 0 Å². The lowest BCUT2D eigenvalue weighted by atomic mass is 10.0. The van der Waals surface area contributed by atoms with Gasteiger partial charge in [-0.15, -0.1) is 0 Å². The Morgan fingerprint density at radius 2 is 1.77 bits per heavy atom. The van der Waals surface area contributed by atoms with Gasteiger partial charge in [0.1, 0.15) is 18.1 Å². The van der Waals surface area contributed by atoms with E-state index >= 15 is 0 Å². The monoisotopic (exact) mass is 388 g/mol. The van der Waals surface area contributed by atoms with E-state index < -0.39 is 17.9 Å². The van der Waals surface area contributed by atoms with Crippen LogP contribution in [0.15, 0.2) is 30.3 Å². The van der Waals surface area contributed by atoms with Crippen LogP contribution in [0.1, 0.15) is 22.3 Å². The molecule has 0 amide bonds. The highest BCUT2D eigenvalue weighted by Crippen LogP contribution is 2.39. The van der Waals surface area contributed by atoms with Gasteiger partial charge in [0.05, 0.1) is 23.3 Å². The summed E-state index contributed by atoms with van der Waals surface area (Å²) in [6.07, 6.45) is -5.55. The molecule has 0 aliphatic heterocycles. The number of halogens is 4. The molecule has 4 nitrogen and oxygen atoms in total. The number of alkyl halides is 3. The zero-order chi connectivity index (χ0) is 19.5. The summed E-state index contributed by atoms with van der Waals surface area (Å²) in [6.45, 7) is 2.95. The molecule has 8 heteroatoms. The third kappa shape index (κ3) is 4.60. The van der Waals surface area contributed by atoms with Gasteiger partial charge >= 0.3 is 12.3 Å². The number of aryl methyl sites for hydroxylation is 2. The summed E-state index contributed by atoms with van der Waals surface area (Å²) >= 11 is 6.07. The van der Waals surface area contributed by atoms with Crippen molar-refractivity contribution in [3.8, 4) is 11.5 Å². The largest absolute Gasteiger partial charge is 0.513 e. The SMILES string of the molecule is COC(=O)Oc1cccc(Cl)c1COc1cc(C)c(C)cc1C(F)(F)F. The van der Waals surface area contributed by atoms with Crippen LogP contribution in [0.25, 0.3) is 0 Å². The minimum Gasteiger partial charge on any atom is -0.488 e. The van der Waals surface area contributed by atoms with E-state index in [1.165, 1.54) is 24.3 Å². The molecule has 0 unspecified atom stereocenters. The molecule has 0 atom stereocenters. The normalized spacial score (nSPS) is 11.2. The molecule has 0 fully saturated rings. The topological polar surface area (TPSA) is 44.8 Å². The van der Waals surface area contributed by atoms with Crippen LogP contribution in [-0.2, 0) is 17.5 Å². The van der Waals surface area contributed by atoms with E-state index in [-0.39, 0.29) is 28.7 Å².